The zero-order chi connectivity index (χ0) is 24.8. The molecule has 2 aromatic heterocycles. The van der Waals surface area contributed by atoms with Crippen molar-refractivity contribution in [2.75, 3.05) is 30.9 Å². The number of aliphatic hydroxyl groups is 1. The molecular formula is C23H25N5O5S2. The molecule has 4 rings (SSSR count). The van der Waals surface area contributed by atoms with Crippen molar-refractivity contribution in [2.24, 2.45) is 0 Å². The Kier molecular flexibility index (Phi) is 7.95. The Morgan fingerprint density at radius 1 is 1.11 bits per heavy atom. The molecule has 0 amide bonds. The Morgan fingerprint density at radius 2 is 1.86 bits per heavy atom. The monoisotopic (exact) mass is 515 g/mol. The second-order valence-electron chi connectivity index (χ2n) is 7.42. The molecule has 0 aliphatic carbocycles. The highest BCUT2D eigenvalue weighted by atomic mass is 32.2. The number of hydrogen-bond donors (Lipinski definition) is 3. The molecule has 3 N–H and O–H groups in total. The number of ether oxygens (including phenoxy) is 3. The maximum absolute atomic E-state index is 12.9. The van der Waals surface area contributed by atoms with E-state index in [2.05, 4.69) is 20.0 Å². The van der Waals surface area contributed by atoms with Crippen molar-refractivity contribution in [1.29, 1.82) is 0 Å². The largest absolute Gasteiger partial charge is 0.497 e. The minimum Gasteiger partial charge on any atom is -0.497 e. The molecule has 0 bridgehead atoms. The van der Waals surface area contributed by atoms with Crippen LogP contribution in [0.25, 0.3) is 11.0 Å². The molecule has 184 valence electrons. The second kappa shape index (κ2) is 11.3. The molecule has 2 atom stereocenters. The van der Waals surface area contributed by atoms with Gasteiger partial charge in [0.15, 0.2) is 34.1 Å². The highest BCUT2D eigenvalue weighted by molar-refractivity contribution is 7.88. The van der Waals surface area contributed by atoms with Crippen molar-refractivity contribution >= 4 is 50.7 Å². The normalized spacial score (nSPS) is 12.7. The maximum Gasteiger partial charge on any atom is 0.184 e. The summed E-state index contributed by atoms with van der Waals surface area (Å²) in [5, 5.41) is 12.9. The lowest BCUT2D eigenvalue weighted by Gasteiger charge is -2.19. The van der Waals surface area contributed by atoms with Gasteiger partial charge in [-0.1, -0.05) is 12.1 Å². The summed E-state index contributed by atoms with van der Waals surface area (Å²) in [4.78, 5) is 13.3. The molecule has 2 heterocycles. The highest BCUT2D eigenvalue weighted by Crippen LogP contribution is 2.42. The summed E-state index contributed by atoms with van der Waals surface area (Å²) < 4.78 is 33.3. The third-order valence-corrected chi connectivity index (χ3v) is 7.03. The first-order valence-corrected chi connectivity index (χ1v) is 12.7. The first-order valence-electron chi connectivity index (χ1n) is 10.7. The summed E-state index contributed by atoms with van der Waals surface area (Å²) in [6.45, 7) is 1.96. The summed E-state index contributed by atoms with van der Waals surface area (Å²) >= 11 is 1.27. The Hall–Kier alpha value is -3.48. The summed E-state index contributed by atoms with van der Waals surface area (Å²) in [6, 6.07) is 10.8. The fraction of sp³-hybridized carbons (Fsp3) is 0.261. The van der Waals surface area contributed by atoms with Crippen LogP contribution in [0.5, 0.6) is 17.2 Å². The summed E-state index contributed by atoms with van der Waals surface area (Å²) in [7, 11) is 1.49. The van der Waals surface area contributed by atoms with Crippen LogP contribution < -0.4 is 24.2 Å². The molecule has 2 aromatic carbocycles. The number of fused-ring (bicyclic) bond motifs is 1. The lowest BCUT2D eigenvalue weighted by molar-refractivity contribution is 0.154. The van der Waals surface area contributed by atoms with Gasteiger partial charge in [0, 0.05) is 18.6 Å². The van der Waals surface area contributed by atoms with Gasteiger partial charge in [0.1, 0.15) is 9.96 Å². The number of aromatic nitrogens is 3. The van der Waals surface area contributed by atoms with Gasteiger partial charge in [-0.05, 0) is 19.1 Å². The lowest BCUT2D eigenvalue weighted by Crippen LogP contribution is -2.11. The van der Waals surface area contributed by atoms with E-state index in [1.54, 1.807) is 31.7 Å². The number of benzene rings is 2. The van der Waals surface area contributed by atoms with Crippen LogP contribution in [0.4, 0.5) is 17.3 Å². The summed E-state index contributed by atoms with van der Waals surface area (Å²) in [5.74, 6) is 2.00. The first kappa shape index (κ1) is 24.6. The number of hydrogen-bond acceptors (Lipinski definition) is 10. The van der Waals surface area contributed by atoms with Crippen LogP contribution in [0.2, 0.25) is 0 Å². The Balaban J connectivity index is 1.76. The van der Waals surface area contributed by atoms with Gasteiger partial charge < -0.3 is 24.6 Å². The Morgan fingerprint density at radius 3 is 2.49 bits per heavy atom. The Labute approximate surface area is 208 Å². The first-order chi connectivity index (χ1) is 17.0. The van der Waals surface area contributed by atoms with Gasteiger partial charge in [-0.15, -0.1) is 11.3 Å². The average Bonchev–Trinajstić information content (AvgIpc) is 3.40. The smallest absolute Gasteiger partial charge is 0.184 e. The lowest BCUT2D eigenvalue weighted by atomic mass is 10.2. The van der Waals surface area contributed by atoms with E-state index in [1.165, 1.54) is 24.6 Å². The van der Waals surface area contributed by atoms with E-state index >= 15 is 0 Å². The molecular weight excluding hydrogens is 490 g/mol. The van der Waals surface area contributed by atoms with Gasteiger partial charge in [-0.3, -0.25) is 9.71 Å². The van der Waals surface area contributed by atoms with Crippen LogP contribution in [0, 0.1) is 0 Å². The zero-order valence-corrected chi connectivity index (χ0v) is 21.0. The molecule has 0 aliphatic heterocycles. The fourth-order valence-corrected chi connectivity index (χ4v) is 4.67. The number of nitrogens with zero attached hydrogens (tertiary/aromatic N) is 3. The molecule has 0 aliphatic rings. The van der Waals surface area contributed by atoms with E-state index in [0.29, 0.717) is 50.4 Å². The molecule has 12 heteroatoms. The number of anilines is 3. The highest BCUT2D eigenvalue weighted by Gasteiger charge is 2.19. The predicted octanol–water partition coefficient (Wildman–Crippen LogP) is 4.13. The van der Waals surface area contributed by atoms with Crippen LogP contribution in [-0.4, -0.2) is 51.2 Å². The van der Waals surface area contributed by atoms with Gasteiger partial charge >= 0.3 is 0 Å². The average molecular weight is 516 g/mol. The van der Waals surface area contributed by atoms with E-state index in [-0.39, 0.29) is 12.4 Å². The molecule has 0 saturated carbocycles. The number of para-hydroxylation sites is 2. The number of aliphatic hydroxyl groups excluding tert-OH is 1. The number of thiazole rings is 1. The van der Waals surface area contributed by atoms with Crippen molar-refractivity contribution in [3.63, 3.8) is 0 Å². The van der Waals surface area contributed by atoms with Crippen molar-refractivity contribution in [1.82, 2.24) is 15.0 Å². The quantitative estimate of drug-likeness (QED) is 0.270. The van der Waals surface area contributed by atoms with Crippen molar-refractivity contribution in [3.05, 3.63) is 48.1 Å². The molecule has 4 aromatic rings. The molecule has 0 fully saturated rings. The topological polar surface area (TPSA) is 128 Å². The second-order valence-corrected chi connectivity index (χ2v) is 9.74. The minimum absolute atomic E-state index is 0.263. The number of rotatable bonds is 11. The zero-order valence-electron chi connectivity index (χ0n) is 19.3. The molecule has 0 saturated heterocycles. The molecule has 35 heavy (non-hydrogen) atoms. The van der Waals surface area contributed by atoms with Gasteiger partial charge in [-0.25, -0.2) is 14.2 Å². The third-order valence-electron chi connectivity index (χ3n) is 4.87. The third kappa shape index (κ3) is 5.96. The maximum atomic E-state index is 12.9. The number of methoxy groups -OCH3 is 2. The van der Waals surface area contributed by atoms with E-state index in [9.17, 15) is 9.32 Å². The van der Waals surface area contributed by atoms with Crippen molar-refractivity contribution < 1.29 is 23.5 Å². The minimum atomic E-state index is -1.59. The standard InChI is InChI=1S/C23H25N5O5S2/c1-14(29)8-9-33-21-18(10-15(31-2)11-19(21)32-3)27-22-23(28-35(30)20-12-24-13-34-20)26-17-7-5-4-6-16(17)25-22/h4-7,10-14,29H,8-9H2,1-3H3,(H,25,27)(H,26,28). The van der Waals surface area contributed by atoms with E-state index in [0.717, 1.165) is 0 Å². The molecule has 2 unspecified atom stereocenters. The van der Waals surface area contributed by atoms with Gasteiger partial charge in [0.2, 0.25) is 0 Å². The van der Waals surface area contributed by atoms with E-state index in [4.69, 9.17) is 19.2 Å². The van der Waals surface area contributed by atoms with Crippen LogP contribution >= 0.6 is 11.3 Å². The van der Waals surface area contributed by atoms with Gasteiger partial charge in [0.05, 0.1) is 55.4 Å². The van der Waals surface area contributed by atoms with Crippen LogP contribution in [0.1, 0.15) is 13.3 Å². The van der Waals surface area contributed by atoms with Crippen LogP contribution in [0.15, 0.2) is 52.3 Å². The summed E-state index contributed by atoms with van der Waals surface area (Å²) in [6.07, 6.45) is 1.46. The van der Waals surface area contributed by atoms with Gasteiger partial charge in [-0.2, -0.15) is 0 Å². The van der Waals surface area contributed by atoms with Crippen LogP contribution in [0.3, 0.4) is 0 Å². The summed E-state index contributed by atoms with van der Waals surface area (Å²) in [5.41, 5.74) is 3.40. The van der Waals surface area contributed by atoms with Gasteiger partial charge in [0.25, 0.3) is 0 Å². The predicted molar refractivity (Wildman–Crippen MR) is 136 cm³/mol. The fourth-order valence-electron chi connectivity index (χ4n) is 3.14. The molecule has 0 radical (unpaired) electrons. The molecule has 0 spiro atoms. The molecule has 10 nitrogen and oxygen atoms in total. The van der Waals surface area contributed by atoms with Crippen molar-refractivity contribution in [2.45, 2.75) is 23.7 Å². The van der Waals surface area contributed by atoms with E-state index in [1.807, 2.05) is 24.3 Å². The van der Waals surface area contributed by atoms with Crippen LogP contribution in [-0.2, 0) is 11.0 Å². The Bertz CT molecular complexity index is 1320. The van der Waals surface area contributed by atoms with Crippen molar-refractivity contribution in [3.8, 4) is 17.2 Å². The van der Waals surface area contributed by atoms with E-state index < -0.39 is 17.1 Å². The number of nitrogens with one attached hydrogen (secondary N) is 2. The SMILES string of the molecule is COc1cc(Nc2nc3ccccc3nc2NS(=O)c2cncs2)c(OCCC(C)O)c(OC)c1.